The van der Waals surface area contributed by atoms with Crippen molar-refractivity contribution >= 4 is 15.9 Å². The van der Waals surface area contributed by atoms with Gasteiger partial charge in [0.1, 0.15) is 0 Å². The second-order valence-corrected chi connectivity index (χ2v) is 6.29. The molecule has 0 spiro atoms. The largest absolute Gasteiger partial charge is 0.265 e. The van der Waals surface area contributed by atoms with Gasteiger partial charge in [0.2, 0.25) is 0 Å². The van der Waals surface area contributed by atoms with Gasteiger partial charge < -0.3 is 0 Å². The summed E-state index contributed by atoms with van der Waals surface area (Å²) in [5.74, 6) is 0.508. The van der Waals surface area contributed by atoms with Gasteiger partial charge in [0.05, 0.1) is 0 Å². The Labute approximate surface area is 124 Å². The summed E-state index contributed by atoms with van der Waals surface area (Å²) in [6.45, 7) is 4.40. The maximum Gasteiger partial charge on any atom is 0.0270 e. The maximum absolute atomic E-state index is 4.07. The summed E-state index contributed by atoms with van der Waals surface area (Å²) in [6.07, 6.45) is 6.00. The van der Waals surface area contributed by atoms with Gasteiger partial charge in [-0.15, -0.1) is 0 Å². The third-order valence-corrected chi connectivity index (χ3v) is 4.85. The van der Waals surface area contributed by atoms with E-state index in [1.165, 1.54) is 16.7 Å². The Morgan fingerprint density at radius 3 is 2.32 bits per heavy atom. The minimum Gasteiger partial charge on any atom is -0.265 e. The summed E-state index contributed by atoms with van der Waals surface area (Å²) in [7, 11) is 0. The minimum absolute atomic E-state index is 0.496. The van der Waals surface area contributed by atoms with Gasteiger partial charge in [0, 0.05) is 17.2 Å². The Morgan fingerprint density at radius 2 is 1.68 bits per heavy atom. The fourth-order valence-corrected chi connectivity index (χ4v) is 2.72. The van der Waals surface area contributed by atoms with E-state index in [9.17, 15) is 0 Å². The van der Waals surface area contributed by atoms with E-state index in [2.05, 4.69) is 71.2 Å². The van der Waals surface area contributed by atoms with Gasteiger partial charge in [0.25, 0.3) is 0 Å². The molecule has 19 heavy (non-hydrogen) atoms. The molecule has 0 aliphatic carbocycles. The van der Waals surface area contributed by atoms with Crippen LogP contribution in [0, 0.1) is 6.92 Å². The SMILES string of the molecule is Cc1ccc(CCC(Br)C(C)c2ccncc2)cc1. The van der Waals surface area contributed by atoms with Crippen molar-refractivity contribution in [1.82, 2.24) is 4.98 Å². The summed E-state index contributed by atoms with van der Waals surface area (Å²) < 4.78 is 0. The molecule has 0 aliphatic rings. The molecule has 1 nitrogen and oxygen atoms in total. The molecule has 2 aromatic rings. The van der Waals surface area contributed by atoms with Gasteiger partial charge in [-0.2, -0.15) is 0 Å². The highest BCUT2D eigenvalue weighted by Gasteiger charge is 2.15. The summed E-state index contributed by atoms with van der Waals surface area (Å²) in [5.41, 5.74) is 4.09. The zero-order valence-electron chi connectivity index (χ0n) is 11.5. The highest BCUT2D eigenvalue weighted by atomic mass is 79.9. The van der Waals surface area contributed by atoms with Gasteiger partial charge in [0.15, 0.2) is 0 Å². The second-order valence-electron chi connectivity index (χ2n) is 5.11. The number of alkyl halides is 1. The Bertz CT molecular complexity index is 492. The van der Waals surface area contributed by atoms with Gasteiger partial charge in [-0.1, -0.05) is 52.7 Å². The Balaban J connectivity index is 1.90. The molecule has 0 saturated heterocycles. The van der Waals surface area contributed by atoms with Crippen LogP contribution in [0.25, 0.3) is 0 Å². The molecule has 2 unspecified atom stereocenters. The minimum atomic E-state index is 0.496. The highest BCUT2D eigenvalue weighted by molar-refractivity contribution is 9.09. The van der Waals surface area contributed by atoms with Crippen LogP contribution in [0.2, 0.25) is 0 Å². The Kier molecular flexibility index (Phi) is 5.15. The van der Waals surface area contributed by atoms with Crippen molar-refractivity contribution in [2.45, 2.75) is 37.4 Å². The van der Waals surface area contributed by atoms with Crippen molar-refractivity contribution in [3.8, 4) is 0 Å². The number of aryl methyl sites for hydroxylation is 2. The lowest BCUT2D eigenvalue weighted by Crippen LogP contribution is -2.10. The number of hydrogen-bond acceptors (Lipinski definition) is 1. The number of benzene rings is 1. The molecule has 100 valence electrons. The topological polar surface area (TPSA) is 12.9 Å². The maximum atomic E-state index is 4.07. The monoisotopic (exact) mass is 317 g/mol. The normalized spacial score (nSPS) is 14.1. The fraction of sp³-hybridized carbons (Fsp3) is 0.353. The van der Waals surface area contributed by atoms with E-state index in [0.717, 1.165) is 12.8 Å². The van der Waals surface area contributed by atoms with Crippen LogP contribution in [0.15, 0.2) is 48.8 Å². The van der Waals surface area contributed by atoms with Crippen LogP contribution in [0.3, 0.4) is 0 Å². The average molecular weight is 318 g/mol. The first-order chi connectivity index (χ1) is 9.16. The van der Waals surface area contributed by atoms with Crippen molar-refractivity contribution in [3.63, 3.8) is 0 Å². The summed E-state index contributed by atoms with van der Waals surface area (Å²) in [5, 5.41) is 0. The molecular formula is C17H20BrN. The van der Waals surface area contributed by atoms with Crippen LogP contribution in [-0.4, -0.2) is 9.81 Å². The number of nitrogens with zero attached hydrogens (tertiary/aromatic N) is 1. The average Bonchev–Trinajstić information content (AvgIpc) is 2.46. The van der Waals surface area contributed by atoms with Gasteiger partial charge in [-0.3, -0.25) is 4.98 Å². The first-order valence-corrected chi connectivity index (χ1v) is 7.68. The van der Waals surface area contributed by atoms with E-state index in [1.54, 1.807) is 0 Å². The first kappa shape index (κ1) is 14.3. The second kappa shape index (κ2) is 6.85. The number of hydrogen-bond donors (Lipinski definition) is 0. The van der Waals surface area contributed by atoms with Crippen molar-refractivity contribution < 1.29 is 0 Å². The Morgan fingerprint density at radius 1 is 1.05 bits per heavy atom. The number of aromatic nitrogens is 1. The molecule has 2 heteroatoms. The third kappa shape index (κ3) is 4.17. The standard InChI is InChI=1S/C17H20BrN/c1-13-3-5-15(6-4-13)7-8-17(18)14(2)16-9-11-19-12-10-16/h3-6,9-12,14,17H,7-8H2,1-2H3. The zero-order chi connectivity index (χ0) is 13.7. The number of halogens is 1. The molecule has 1 aromatic heterocycles. The van der Waals surface area contributed by atoms with E-state index >= 15 is 0 Å². The molecule has 0 fully saturated rings. The van der Waals surface area contributed by atoms with Crippen LogP contribution >= 0.6 is 15.9 Å². The van der Waals surface area contributed by atoms with Gasteiger partial charge >= 0.3 is 0 Å². The predicted molar refractivity (Wildman–Crippen MR) is 84.9 cm³/mol. The molecule has 1 heterocycles. The van der Waals surface area contributed by atoms with Crippen LogP contribution in [0.4, 0.5) is 0 Å². The van der Waals surface area contributed by atoms with E-state index in [1.807, 2.05) is 12.4 Å². The molecule has 2 atom stereocenters. The van der Waals surface area contributed by atoms with Crippen molar-refractivity contribution in [3.05, 3.63) is 65.5 Å². The van der Waals surface area contributed by atoms with Crippen LogP contribution < -0.4 is 0 Å². The van der Waals surface area contributed by atoms with Gasteiger partial charge in [-0.05, 0) is 48.9 Å². The van der Waals surface area contributed by atoms with E-state index in [-0.39, 0.29) is 0 Å². The summed E-state index contributed by atoms with van der Waals surface area (Å²) in [6, 6.07) is 13.0. The van der Waals surface area contributed by atoms with Crippen LogP contribution in [-0.2, 0) is 6.42 Å². The molecule has 0 N–H and O–H groups in total. The molecule has 0 amide bonds. The van der Waals surface area contributed by atoms with Crippen molar-refractivity contribution in [2.75, 3.05) is 0 Å². The molecule has 0 radical (unpaired) electrons. The highest BCUT2D eigenvalue weighted by Crippen LogP contribution is 2.27. The van der Waals surface area contributed by atoms with Crippen LogP contribution in [0.1, 0.15) is 36.0 Å². The molecule has 1 aromatic carbocycles. The molecular weight excluding hydrogens is 298 g/mol. The van der Waals surface area contributed by atoms with E-state index in [4.69, 9.17) is 0 Å². The first-order valence-electron chi connectivity index (χ1n) is 6.76. The lowest BCUT2D eigenvalue weighted by Gasteiger charge is -2.18. The lowest BCUT2D eigenvalue weighted by molar-refractivity contribution is 0.660. The van der Waals surface area contributed by atoms with E-state index < -0.39 is 0 Å². The quantitative estimate of drug-likeness (QED) is 0.715. The molecule has 2 rings (SSSR count). The van der Waals surface area contributed by atoms with Crippen molar-refractivity contribution in [2.24, 2.45) is 0 Å². The number of pyridine rings is 1. The van der Waals surface area contributed by atoms with E-state index in [0.29, 0.717) is 10.7 Å². The van der Waals surface area contributed by atoms with Gasteiger partial charge in [-0.25, -0.2) is 0 Å². The predicted octanol–water partition coefficient (Wildman–Crippen LogP) is 4.89. The smallest absolute Gasteiger partial charge is 0.0270 e. The molecule has 0 bridgehead atoms. The molecule has 0 aliphatic heterocycles. The van der Waals surface area contributed by atoms with Crippen molar-refractivity contribution in [1.29, 1.82) is 0 Å². The lowest BCUT2D eigenvalue weighted by atomic mass is 9.95. The summed E-state index contributed by atoms with van der Waals surface area (Å²) >= 11 is 3.83. The third-order valence-electron chi connectivity index (χ3n) is 3.60. The fourth-order valence-electron chi connectivity index (χ4n) is 2.19. The molecule has 0 saturated carbocycles. The zero-order valence-corrected chi connectivity index (χ0v) is 13.1. The Hall–Kier alpha value is -1.15. The van der Waals surface area contributed by atoms with Crippen LogP contribution in [0.5, 0.6) is 0 Å². The number of rotatable bonds is 5. The summed E-state index contributed by atoms with van der Waals surface area (Å²) in [4.78, 5) is 4.57.